The minimum Gasteiger partial charge on any atom is -0.481 e. The maximum atomic E-state index is 10.9. The molecule has 112 valence electrons. The van der Waals surface area contributed by atoms with Crippen LogP contribution in [0.1, 0.15) is 38.6 Å². The van der Waals surface area contributed by atoms with Gasteiger partial charge in [-0.25, -0.2) is 0 Å². The first-order chi connectivity index (χ1) is 9.36. The van der Waals surface area contributed by atoms with E-state index < -0.39 is 5.97 Å². The molecule has 0 bridgehead atoms. The number of hydrogen-bond donors (Lipinski definition) is 2. The number of nitrogens with one attached hydrogen (secondary N) is 1. The Balaban J connectivity index is 2.03. The fourth-order valence-electron chi connectivity index (χ4n) is 2.33. The van der Waals surface area contributed by atoms with E-state index in [9.17, 15) is 4.79 Å². The van der Waals surface area contributed by atoms with Crippen molar-refractivity contribution >= 4 is 5.97 Å². The first-order valence-electron chi connectivity index (χ1n) is 6.94. The van der Waals surface area contributed by atoms with Crippen LogP contribution < -0.4 is 0 Å². The summed E-state index contributed by atoms with van der Waals surface area (Å²) in [6.45, 7) is 8.92. The van der Waals surface area contributed by atoms with E-state index >= 15 is 0 Å². The van der Waals surface area contributed by atoms with Crippen molar-refractivity contribution in [3.05, 3.63) is 17.5 Å². The van der Waals surface area contributed by atoms with Crippen LogP contribution in [0.3, 0.4) is 0 Å². The summed E-state index contributed by atoms with van der Waals surface area (Å²) in [7, 11) is 0. The lowest BCUT2D eigenvalue weighted by atomic mass is 9.92. The monoisotopic (exact) mass is 281 g/mol. The molecule has 1 atom stereocenters. The van der Waals surface area contributed by atoms with Gasteiger partial charge in [0.25, 0.3) is 0 Å². The van der Waals surface area contributed by atoms with Crippen molar-refractivity contribution in [2.75, 3.05) is 19.8 Å². The largest absolute Gasteiger partial charge is 0.481 e. The second-order valence-electron chi connectivity index (χ2n) is 6.33. The molecule has 1 aromatic rings. The SMILES string of the molecule is CC(C)(C)c1cc(CN2CCOC[C@@H]2CC(=O)O)[nH]n1. The molecule has 1 aliphatic heterocycles. The van der Waals surface area contributed by atoms with E-state index in [-0.39, 0.29) is 17.9 Å². The number of aromatic amines is 1. The summed E-state index contributed by atoms with van der Waals surface area (Å²) < 4.78 is 5.38. The lowest BCUT2D eigenvalue weighted by Crippen LogP contribution is -2.45. The van der Waals surface area contributed by atoms with Crippen molar-refractivity contribution in [3.8, 4) is 0 Å². The van der Waals surface area contributed by atoms with E-state index in [0.29, 0.717) is 19.8 Å². The highest BCUT2D eigenvalue weighted by molar-refractivity contribution is 5.67. The highest BCUT2D eigenvalue weighted by Gasteiger charge is 2.26. The zero-order valence-corrected chi connectivity index (χ0v) is 12.3. The molecule has 1 saturated heterocycles. The predicted octanol–water partition coefficient (Wildman–Crippen LogP) is 1.38. The minimum absolute atomic E-state index is 0.0141. The lowest BCUT2D eigenvalue weighted by molar-refractivity contribution is -0.140. The van der Waals surface area contributed by atoms with Gasteiger partial charge in [0, 0.05) is 30.2 Å². The molecule has 0 radical (unpaired) electrons. The molecule has 0 unspecified atom stereocenters. The Morgan fingerprint density at radius 3 is 2.95 bits per heavy atom. The molecule has 1 aliphatic rings. The van der Waals surface area contributed by atoms with Gasteiger partial charge in [-0.1, -0.05) is 20.8 Å². The fraction of sp³-hybridized carbons (Fsp3) is 0.714. The smallest absolute Gasteiger partial charge is 0.305 e. The molecule has 2 N–H and O–H groups in total. The van der Waals surface area contributed by atoms with Gasteiger partial charge in [-0.15, -0.1) is 0 Å². The lowest BCUT2D eigenvalue weighted by Gasteiger charge is -2.34. The molecule has 1 aromatic heterocycles. The van der Waals surface area contributed by atoms with Gasteiger partial charge in [-0.2, -0.15) is 5.10 Å². The Hall–Kier alpha value is -1.40. The van der Waals surface area contributed by atoms with Crippen LogP contribution in [-0.2, 0) is 21.5 Å². The van der Waals surface area contributed by atoms with E-state index in [0.717, 1.165) is 17.9 Å². The van der Waals surface area contributed by atoms with E-state index in [1.807, 2.05) is 0 Å². The molecular weight excluding hydrogens is 258 g/mol. The van der Waals surface area contributed by atoms with Crippen LogP contribution in [0.2, 0.25) is 0 Å². The van der Waals surface area contributed by atoms with Crippen LogP contribution >= 0.6 is 0 Å². The molecule has 20 heavy (non-hydrogen) atoms. The molecule has 2 heterocycles. The Labute approximate surface area is 119 Å². The molecule has 6 heteroatoms. The summed E-state index contributed by atoms with van der Waals surface area (Å²) in [5.74, 6) is -0.787. The van der Waals surface area contributed by atoms with Crippen molar-refractivity contribution in [2.45, 2.75) is 45.2 Å². The zero-order valence-electron chi connectivity index (χ0n) is 12.3. The average Bonchev–Trinajstić information content (AvgIpc) is 2.79. The second kappa shape index (κ2) is 5.93. The highest BCUT2D eigenvalue weighted by Crippen LogP contribution is 2.21. The van der Waals surface area contributed by atoms with Gasteiger partial charge in [0.15, 0.2) is 0 Å². The second-order valence-corrected chi connectivity index (χ2v) is 6.33. The number of ether oxygens (including phenoxy) is 1. The summed E-state index contributed by atoms with van der Waals surface area (Å²) in [5, 5.41) is 16.4. The predicted molar refractivity (Wildman–Crippen MR) is 74.6 cm³/mol. The maximum Gasteiger partial charge on any atom is 0.305 e. The molecule has 0 spiro atoms. The standard InChI is InChI=1S/C14H23N3O3/c1-14(2,3)12-6-10(15-16-12)8-17-4-5-20-9-11(17)7-13(18)19/h6,11H,4-5,7-9H2,1-3H3,(H,15,16)(H,18,19)/t11-/m0/s1. The van der Waals surface area contributed by atoms with Crippen LogP contribution in [0, 0.1) is 0 Å². The summed E-state index contributed by atoms with van der Waals surface area (Å²) in [4.78, 5) is 13.0. The van der Waals surface area contributed by atoms with Gasteiger partial charge in [0.05, 0.1) is 25.3 Å². The molecule has 0 aliphatic carbocycles. The van der Waals surface area contributed by atoms with Crippen LogP contribution in [0.25, 0.3) is 0 Å². The number of rotatable bonds is 4. The third kappa shape index (κ3) is 3.80. The van der Waals surface area contributed by atoms with Crippen molar-refractivity contribution < 1.29 is 14.6 Å². The van der Waals surface area contributed by atoms with Crippen molar-refractivity contribution in [1.29, 1.82) is 0 Å². The van der Waals surface area contributed by atoms with Gasteiger partial charge in [0.2, 0.25) is 0 Å². The van der Waals surface area contributed by atoms with E-state index in [4.69, 9.17) is 9.84 Å². The Morgan fingerprint density at radius 1 is 1.60 bits per heavy atom. The van der Waals surface area contributed by atoms with Gasteiger partial charge in [-0.05, 0) is 6.07 Å². The van der Waals surface area contributed by atoms with Gasteiger partial charge in [-0.3, -0.25) is 14.8 Å². The third-order valence-electron chi connectivity index (χ3n) is 3.53. The summed E-state index contributed by atoms with van der Waals surface area (Å²) in [6.07, 6.45) is 0.111. The number of carboxylic acid groups (broad SMARTS) is 1. The number of aromatic nitrogens is 2. The average molecular weight is 281 g/mol. The van der Waals surface area contributed by atoms with Gasteiger partial charge >= 0.3 is 5.97 Å². The molecule has 0 saturated carbocycles. The Kier molecular flexibility index (Phi) is 4.45. The topological polar surface area (TPSA) is 78.5 Å². The number of aliphatic carboxylic acids is 1. The number of morpholine rings is 1. The minimum atomic E-state index is -0.787. The number of carbonyl (C=O) groups is 1. The van der Waals surface area contributed by atoms with E-state index in [2.05, 4.69) is 41.9 Å². The van der Waals surface area contributed by atoms with E-state index in [1.165, 1.54) is 0 Å². The van der Waals surface area contributed by atoms with Crippen molar-refractivity contribution in [3.63, 3.8) is 0 Å². The van der Waals surface area contributed by atoms with Gasteiger partial charge < -0.3 is 9.84 Å². The molecule has 2 rings (SSSR count). The Bertz CT molecular complexity index is 464. The summed E-state index contributed by atoms with van der Waals surface area (Å²) >= 11 is 0. The maximum absolute atomic E-state index is 10.9. The quantitative estimate of drug-likeness (QED) is 0.872. The molecule has 0 amide bonds. The normalized spacial score (nSPS) is 21.1. The zero-order chi connectivity index (χ0) is 14.8. The molecule has 6 nitrogen and oxygen atoms in total. The van der Waals surface area contributed by atoms with Crippen molar-refractivity contribution in [1.82, 2.24) is 15.1 Å². The van der Waals surface area contributed by atoms with Crippen LogP contribution in [0.4, 0.5) is 0 Å². The fourth-order valence-corrected chi connectivity index (χ4v) is 2.33. The van der Waals surface area contributed by atoms with Crippen LogP contribution in [-0.4, -0.2) is 52.0 Å². The third-order valence-corrected chi connectivity index (χ3v) is 3.53. The first-order valence-corrected chi connectivity index (χ1v) is 6.94. The number of nitrogens with zero attached hydrogens (tertiary/aromatic N) is 2. The Morgan fingerprint density at radius 2 is 2.35 bits per heavy atom. The van der Waals surface area contributed by atoms with Gasteiger partial charge in [0.1, 0.15) is 0 Å². The number of H-pyrrole nitrogens is 1. The van der Waals surface area contributed by atoms with Crippen LogP contribution in [0.5, 0.6) is 0 Å². The number of carboxylic acids is 1. The number of hydrogen-bond acceptors (Lipinski definition) is 4. The molecule has 0 aromatic carbocycles. The highest BCUT2D eigenvalue weighted by atomic mass is 16.5. The molecular formula is C14H23N3O3. The summed E-state index contributed by atoms with van der Waals surface area (Å²) in [6, 6.07) is 2.00. The first kappa shape index (κ1) is 15.0. The molecule has 1 fully saturated rings. The summed E-state index contributed by atoms with van der Waals surface area (Å²) in [5.41, 5.74) is 2.06. The van der Waals surface area contributed by atoms with Crippen LogP contribution in [0.15, 0.2) is 6.07 Å². The van der Waals surface area contributed by atoms with E-state index in [1.54, 1.807) is 0 Å². The van der Waals surface area contributed by atoms with Crippen molar-refractivity contribution in [2.24, 2.45) is 0 Å².